The Morgan fingerprint density at radius 2 is 1.92 bits per heavy atom. The highest BCUT2D eigenvalue weighted by Crippen LogP contribution is 2.40. The number of hydrogen-bond donors (Lipinski definition) is 0. The zero-order valence-electron chi connectivity index (χ0n) is 13.6. The molecule has 0 aliphatic heterocycles. The van der Waals surface area contributed by atoms with E-state index in [1.165, 1.54) is 16.9 Å². The van der Waals surface area contributed by atoms with Gasteiger partial charge >= 0.3 is 11.9 Å². The lowest BCUT2D eigenvalue weighted by Gasteiger charge is -2.16. The summed E-state index contributed by atoms with van der Waals surface area (Å²) in [7, 11) is 1.65. The van der Waals surface area contributed by atoms with Crippen molar-refractivity contribution in [2.45, 2.75) is 19.8 Å². The van der Waals surface area contributed by atoms with Crippen LogP contribution < -0.4 is 4.74 Å². The van der Waals surface area contributed by atoms with Crippen molar-refractivity contribution in [3.05, 3.63) is 40.3 Å². The zero-order valence-corrected chi connectivity index (χ0v) is 14.4. The van der Waals surface area contributed by atoms with Crippen LogP contribution in [0.15, 0.2) is 24.3 Å². The van der Waals surface area contributed by atoms with Crippen LogP contribution >= 0.6 is 11.3 Å². The summed E-state index contributed by atoms with van der Waals surface area (Å²) in [6, 6.07) is 7.85. The van der Waals surface area contributed by atoms with Crippen molar-refractivity contribution >= 4 is 23.3 Å². The van der Waals surface area contributed by atoms with Gasteiger partial charge in [0, 0.05) is 4.88 Å². The Hall–Kier alpha value is -2.34. The molecule has 0 radical (unpaired) electrons. The van der Waals surface area contributed by atoms with Crippen molar-refractivity contribution in [2.75, 3.05) is 20.3 Å². The summed E-state index contributed by atoms with van der Waals surface area (Å²) in [6.07, 6.45) is 1.78. The van der Waals surface area contributed by atoms with E-state index in [4.69, 9.17) is 14.2 Å². The normalized spacial score (nSPS) is 12.1. The molecule has 2 aromatic rings. The SMILES string of the molecule is CCOC(=O)COC(=O)c1cc2c(s1)-c1ccc(OC)cc1CC2. The predicted octanol–water partition coefficient (Wildman–Crippen LogP) is 3.24. The van der Waals surface area contributed by atoms with Gasteiger partial charge in [0.15, 0.2) is 6.61 Å². The highest BCUT2D eigenvalue weighted by atomic mass is 32.1. The van der Waals surface area contributed by atoms with E-state index in [9.17, 15) is 9.59 Å². The van der Waals surface area contributed by atoms with Crippen LogP contribution in [0.5, 0.6) is 5.75 Å². The van der Waals surface area contributed by atoms with Gasteiger partial charge in [0.05, 0.1) is 13.7 Å². The summed E-state index contributed by atoms with van der Waals surface area (Å²) in [5, 5.41) is 0. The maximum Gasteiger partial charge on any atom is 0.348 e. The maximum absolute atomic E-state index is 12.1. The van der Waals surface area contributed by atoms with E-state index >= 15 is 0 Å². The molecule has 0 bridgehead atoms. The van der Waals surface area contributed by atoms with Gasteiger partial charge in [-0.05, 0) is 60.7 Å². The van der Waals surface area contributed by atoms with Crippen molar-refractivity contribution in [2.24, 2.45) is 0 Å². The predicted molar refractivity (Wildman–Crippen MR) is 90.6 cm³/mol. The van der Waals surface area contributed by atoms with Crippen molar-refractivity contribution in [3.8, 4) is 16.2 Å². The van der Waals surface area contributed by atoms with Gasteiger partial charge in [-0.25, -0.2) is 9.59 Å². The number of ether oxygens (including phenoxy) is 3. The molecule has 0 amide bonds. The zero-order chi connectivity index (χ0) is 17.1. The van der Waals surface area contributed by atoms with Crippen LogP contribution in [0.25, 0.3) is 10.4 Å². The van der Waals surface area contributed by atoms with Crippen molar-refractivity contribution in [1.29, 1.82) is 0 Å². The number of carbonyl (C=O) groups is 2. The Labute approximate surface area is 144 Å². The molecule has 24 heavy (non-hydrogen) atoms. The lowest BCUT2D eigenvalue weighted by molar-refractivity contribution is -0.146. The molecule has 1 aliphatic rings. The number of methoxy groups -OCH3 is 1. The van der Waals surface area contributed by atoms with Crippen LogP contribution in [0.1, 0.15) is 27.7 Å². The van der Waals surface area contributed by atoms with Gasteiger partial charge in [0.2, 0.25) is 0 Å². The second kappa shape index (κ2) is 7.05. The molecule has 1 heterocycles. The highest BCUT2D eigenvalue weighted by Gasteiger charge is 2.23. The molecule has 5 nitrogen and oxygen atoms in total. The molecule has 3 rings (SSSR count). The average Bonchev–Trinajstić information content (AvgIpc) is 3.04. The number of thiophene rings is 1. The Bertz CT molecular complexity index is 778. The number of fused-ring (bicyclic) bond motifs is 3. The molecule has 126 valence electrons. The minimum atomic E-state index is -0.537. The topological polar surface area (TPSA) is 61.8 Å². The number of aryl methyl sites for hydroxylation is 2. The molecular weight excluding hydrogens is 328 g/mol. The smallest absolute Gasteiger partial charge is 0.348 e. The lowest BCUT2D eigenvalue weighted by Crippen LogP contribution is -2.15. The van der Waals surface area contributed by atoms with Crippen LogP contribution in [0.4, 0.5) is 0 Å². The number of esters is 2. The summed E-state index contributed by atoms with van der Waals surface area (Å²) in [5.74, 6) is -0.190. The molecule has 0 atom stereocenters. The van der Waals surface area contributed by atoms with Crippen LogP contribution in [0.2, 0.25) is 0 Å². The summed E-state index contributed by atoms with van der Waals surface area (Å²) in [6.45, 7) is 1.62. The maximum atomic E-state index is 12.1. The molecule has 0 fully saturated rings. The van der Waals surface area contributed by atoms with Gasteiger partial charge in [0.25, 0.3) is 0 Å². The largest absolute Gasteiger partial charge is 0.497 e. The molecule has 1 aromatic heterocycles. The first-order valence-electron chi connectivity index (χ1n) is 7.75. The van der Waals surface area contributed by atoms with E-state index in [1.54, 1.807) is 14.0 Å². The first kappa shape index (κ1) is 16.5. The number of benzene rings is 1. The minimum Gasteiger partial charge on any atom is -0.497 e. The third-order valence-corrected chi connectivity index (χ3v) is 5.05. The molecule has 0 saturated heterocycles. The van der Waals surface area contributed by atoms with Gasteiger partial charge in [-0.3, -0.25) is 0 Å². The monoisotopic (exact) mass is 346 g/mol. The van der Waals surface area contributed by atoms with E-state index in [0.717, 1.165) is 34.6 Å². The second-order valence-corrected chi connectivity index (χ2v) is 6.42. The van der Waals surface area contributed by atoms with Gasteiger partial charge in [-0.2, -0.15) is 0 Å². The summed E-state index contributed by atoms with van der Waals surface area (Å²) in [5.41, 5.74) is 3.49. The Kier molecular flexibility index (Phi) is 4.85. The van der Waals surface area contributed by atoms with Gasteiger partial charge < -0.3 is 14.2 Å². The first-order valence-corrected chi connectivity index (χ1v) is 8.56. The quantitative estimate of drug-likeness (QED) is 0.778. The van der Waals surface area contributed by atoms with Crippen LogP contribution in [-0.4, -0.2) is 32.3 Å². The van der Waals surface area contributed by atoms with Crippen LogP contribution in [0.3, 0.4) is 0 Å². The van der Waals surface area contributed by atoms with Gasteiger partial charge in [-0.1, -0.05) is 0 Å². The number of carbonyl (C=O) groups excluding carboxylic acids is 2. The van der Waals surface area contributed by atoms with Crippen molar-refractivity contribution < 1.29 is 23.8 Å². The Morgan fingerprint density at radius 1 is 1.12 bits per heavy atom. The van der Waals surface area contributed by atoms with E-state index in [1.807, 2.05) is 24.3 Å². The molecular formula is C18H18O5S. The van der Waals surface area contributed by atoms with Crippen LogP contribution in [-0.2, 0) is 27.1 Å². The van der Waals surface area contributed by atoms with Gasteiger partial charge in [-0.15, -0.1) is 11.3 Å². The fourth-order valence-corrected chi connectivity index (χ4v) is 3.90. The first-order chi connectivity index (χ1) is 11.6. The molecule has 6 heteroatoms. The number of rotatable bonds is 5. The minimum absolute atomic E-state index is 0.268. The second-order valence-electron chi connectivity index (χ2n) is 5.37. The third-order valence-electron chi connectivity index (χ3n) is 3.86. The van der Waals surface area contributed by atoms with Crippen LogP contribution in [0, 0.1) is 0 Å². The molecule has 1 aromatic carbocycles. The summed E-state index contributed by atoms with van der Waals surface area (Å²) in [4.78, 5) is 25.0. The summed E-state index contributed by atoms with van der Waals surface area (Å²) < 4.78 is 15.0. The van der Waals surface area contributed by atoms with E-state index in [2.05, 4.69) is 0 Å². The molecule has 0 saturated carbocycles. The standard InChI is InChI=1S/C18H18O5S/c1-3-22-16(19)10-23-18(20)15-9-12-5-4-11-8-13(21-2)6-7-14(11)17(12)24-15/h6-9H,3-5,10H2,1-2H3. The van der Waals surface area contributed by atoms with Crippen molar-refractivity contribution in [3.63, 3.8) is 0 Å². The van der Waals surface area contributed by atoms with E-state index in [0.29, 0.717) is 4.88 Å². The average molecular weight is 346 g/mol. The fraction of sp³-hybridized carbons (Fsp3) is 0.333. The number of hydrogen-bond acceptors (Lipinski definition) is 6. The Morgan fingerprint density at radius 3 is 2.67 bits per heavy atom. The Balaban J connectivity index is 1.79. The van der Waals surface area contributed by atoms with Gasteiger partial charge in [0.1, 0.15) is 10.6 Å². The molecule has 1 aliphatic carbocycles. The van der Waals surface area contributed by atoms with E-state index < -0.39 is 11.9 Å². The summed E-state index contributed by atoms with van der Waals surface area (Å²) >= 11 is 1.40. The molecule has 0 unspecified atom stereocenters. The van der Waals surface area contributed by atoms with E-state index in [-0.39, 0.29) is 13.2 Å². The highest BCUT2D eigenvalue weighted by molar-refractivity contribution is 7.17. The fourth-order valence-electron chi connectivity index (χ4n) is 2.74. The molecule has 0 N–H and O–H groups in total. The van der Waals surface area contributed by atoms with Crippen molar-refractivity contribution in [1.82, 2.24) is 0 Å². The third kappa shape index (κ3) is 3.28. The lowest BCUT2D eigenvalue weighted by atomic mass is 9.91. The molecule has 0 spiro atoms.